The number of rotatable bonds is 9. The first kappa shape index (κ1) is 23.1. The molecule has 9 heteroatoms. The Balaban J connectivity index is 1.58. The number of ether oxygens (including phenoxy) is 2. The SMILES string of the molecule is COc1ccccc1CNC(=O)COc1ccc(S(=O)(=O)Nc2ccc(F)cc2)cc1C. The van der Waals surface area contributed by atoms with Crippen molar-refractivity contribution in [2.24, 2.45) is 0 Å². The maximum absolute atomic E-state index is 13.0. The van der Waals surface area contributed by atoms with Gasteiger partial charge in [-0.25, -0.2) is 12.8 Å². The molecule has 0 heterocycles. The first-order chi connectivity index (χ1) is 15.3. The topological polar surface area (TPSA) is 93.7 Å². The number of methoxy groups -OCH3 is 1. The average molecular weight is 459 g/mol. The number of hydrogen-bond donors (Lipinski definition) is 2. The van der Waals surface area contributed by atoms with Crippen LogP contribution in [0.2, 0.25) is 0 Å². The molecule has 0 fully saturated rings. The van der Waals surface area contributed by atoms with Crippen LogP contribution in [0.4, 0.5) is 10.1 Å². The summed E-state index contributed by atoms with van der Waals surface area (Å²) in [5, 5.41) is 2.75. The van der Waals surface area contributed by atoms with Gasteiger partial charge in [0.1, 0.15) is 17.3 Å². The zero-order valence-electron chi connectivity index (χ0n) is 17.6. The summed E-state index contributed by atoms with van der Waals surface area (Å²) in [5.74, 6) is 0.274. The summed E-state index contributed by atoms with van der Waals surface area (Å²) >= 11 is 0. The number of hydrogen-bond acceptors (Lipinski definition) is 5. The monoisotopic (exact) mass is 458 g/mol. The second-order valence-electron chi connectivity index (χ2n) is 6.92. The summed E-state index contributed by atoms with van der Waals surface area (Å²) < 4.78 is 51.3. The van der Waals surface area contributed by atoms with Crippen molar-refractivity contribution in [2.45, 2.75) is 18.4 Å². The minimum atomic E-state index is -3.86. The Morgan fingerprint density at radius 3 is 2.41 bits per heavy atom. The van der Waals surface area contributed by atoms with Gasteiger partial charge in [-0.3, -0.25) is 9.52 Å². The van der Waals surface area contributed by atoms with Crippen LogP contribution in [0.25, 0.3) is 0 Å². The minimum absolute atomic E-state index is 0.0206. The average Bonchev–Trinajstić information content (AvgIpc) is 2.78. The van der Waals surface area contributed by atoms with Crippen molar-refractivity contribution in [1.82, 2.24) is 5.32 Å². The van der Waals surface area contributed by atoms with Crippen LogP contribution >= 0.6 is 0 Å². The smallest absolute Gasteiger partial charge is 0.261 e. The molecule has 0 aromatic heterocycles. The van der Waals surface area contributed by atoms with E-state index in [4.69, 9.17) is 9.47 Å². The molecule has 2 N–H and O–H groups in total. The van der Waals surface area contributed by atoms with Crippen LogP contribution in [0.15, 0.2) is 71.6 Å². The molecule has 0 unspecified atom stereocenters. The molecule has 3 aromatic rings. The van der Waals surface area contributed by atoms with Crippen molar-refractivity contribution in [3.05, 3.63) is 83.7 Å². The standard InChI is InChI=1S/C23H23FN2O5S/c1-16-13-20(32(28,29)26-19-9-7-18(24)8-10-19)11-12-21(16)31-15-23(27)25-14-17-5-3-4-6-22(17)30-2/h3-13,26H,14-15H2,1-2H3,(H,25,27). The van der Waals surface area contributed by atoms with Gasteiger partial charge in [0.25, 0.3) is 15.9 Å². The zero-order valence-corrected chi connectivity index (χ0v) is 18.4. The molecule has 0 aliphatic heterocycles. The molecular weight excluding hydrogens is 435 g/mol. The Labute approximate surface area is 186 Å². The summed E-state index contributed by atoms with van der Waals surface area (Å²) in [6.07, 6.45) is 0. The number of aryl methyl sites for hydroxylation is 1. The van der Waals surface area contributed by atoms with Crippen LogP contribution in [-0.2, 0) is 21.4 Å². The number of sulfonamides is 1. The maximum Gasteiger partial charge on any atom is 0.261 e. The molecule has 168 valence electrons. The zero-order chi connectivity index (χ0) is 23.1. The predicted octanol–water partition coefficient (Wildman–Crippen LogP) is 3.64. The second-order valence-corrected chi connectivity index (χ2v) is 8.60. The molecule has 0 bridgehead atoms. The van der Waals surface area contributed by atoms with Gasteiger partial charge in [0.2, 0.25) is 0 Å². The molecule has 32 heavy (non-hydrogen) atoms. The molecule has 0 aliphatic rings. The number of para-hydroxylation sites is 1. The number of anilines is 1. The van der Waals surface area contributed by atoms with Crippen LogP contribution in [0.1, 0.15) is 11.1 Å². The Kier molecular flexibility index (Phi) is 7.32. The quantitative estimate of drug-likeness (QED) is 0.511. The highest BCUT2D eigenvalue weighted by Crippen LogP contribution is 2.24. The van der Waals surface area contributed by atoms with Crippen LogP contribution < -0.4 is 19.5 Å². The molecule has 7 nitrogen and oxygen atoms in total. The van der Waals surface area contributed by atoms with Crippen molar-refractivity contribution >= 4 is 21.6 Å². The third kappa shape index (κ3) is 5.98. The summed E-state index contributed by atoms with van der Waals surface area (Å²) in [6, 6.07) is 16.7. The van der Waals surface area contributed by atoms with E-state index in [1.54, 1.807) is 14.0 Å². The highest BCUT2D eigenvalue weighted by molar-refractivity contribution is 7.92. The van der Waals surface area contributed by atoms with Crippen LogP contribution in [0.5, 0.6) is 11.5 Å². The largest absolute Gasteiger partial charge is 0.496 e. The lowest BCUT2D eigenvalue weighted by atomic mass is 10.2. The first-order valence-corrected chi connectivity index (χ1v) is 11.2. The second kappa shape index (κ2) is 10.1. The maximum atomic E-state index is 13.0. The lowest BCUT2D eigenvalue weighted by molar-refractivity contribution is -0.123. The van der Waals surface area contributed by atoms with Gasteiger partial charge >= 0.3 is 0 Å². The van der Waals surface area contributed by atoms with Crippen molar-refractivity contribution in [3.8, 4) is 11.5 Å². The van der Waals surface area contributed by atoms with Crippen molar-refractivity contribution in [1.29, 1.82) is 0 Å². The number of nitrogens with one attached hydrogen (secondary N) is 2. The van der Waals surface area contributed by atoms with Gasteiger partial charge in [-0.15, -0.1) is 0 Å². The normalized spacial score (nSPS) is 11.0. The van der Waals surface area contributed by atoms with Gasteiger partial charge in [-0.05, 0) is 61.0 Å². The molecule has 3 aromatic carbocycles. The molecule has 0 atom stereocenters. The van der Waals surface area contributed by atoms with Crippen LogP contribution in [0, 0.1) is 12.7 Å². The van der Waals surface area contributed by atoms with E-state index in [-0.39, 0.29) is 29.6 Å². The van der Waals surface area contributed by atoms with Gasteiger partial charge in [0.05, 0.1) is 12.0 Å². The summed E-state index contributed by atoms with van der Waals surface area (Å²) in [4.78, 5) is 12.2. The van der Waals surface area contributed by atoms with Crippen molar-refractivity contribution < 1.29 is 27.1 Å². The Morgan fingerprint density at radius 1 is 1.00 bits per heavy atom. The molecule has 0 aliphatic carbocycles. The molecule has 0 spiro atoms. The van der Waals surface area contributed by atoms with E-state index in [0.29, 0.717) is 17.1 Å². The summed E-state index contributed by atoms with van der Waals surface area (Å²) in [6.45, 7) is 1.74. The molecule has 0 saturated heterocycles. The summed E-state index contributed by atoms with van der Waals surface area (Å²) in [7, 11) is -2.30. The van der Waals surface area contributed by atoms with Crippen LogP contribution in [-0.4, -0.2) is 28.0 Å². The van der Waals surface area contributed by atoms with E-state index in [9.17, 15) is 17.6 Å². The minimum Gasteiger partial charge on any atom is -0.496 e. The van der Waals surface area contributed by atoms with E-state index in [0.717, 1.165) is 5.56 Å². The summed E-state index contributed by atoms with van der Waals surface area (Å²) in [5.41, 5.74) is 1.63. The van der Waals surface area contributed by atoms with Crippen LogP contribution in [0.3, 0.4) is 0 Å². The van der Waals surface area contributed by atoms with E-state index in [2.05, 4.69) is 10.0 Å². The van der Waals surface area contributed by atoms with E-state index >= 15 is 0 Å². The van der Waals surface area contributed by atoms with E-state index < -0.39 is 15.8 Å². The predicted molar refractivity (Wildman–Crippen MR) is 119 cm³/mol. The van der Waals surface area contributed by atoms with E-state index in [1.165, 1.54) is 42.5 Å². The molecule has 0 radical (unpaired) electrons. The van der Waals surface area contributed by atoms with Gasteiger partial charge < -0.3 is 14.8 Å². The third-order valence-corrected chi connectivity index (χ3v) is 5.96. The number of carbonyl (C=O) groups is 1. The number of carbonyl (C=O) groups excluding carboxylic acids is 1. The molecule has 0 saturated carbocycles. The lowest BCUT2D eigenvalue weighted by Gasteiger charge is -2.13. The van der Waals surface area contributed by atoms with Gasteiger partial charge in [-0.1, -0.05) is 18.2 Å². The first-order valence-electron chi connectivity index (χ1n) is 9.69. The number of amides is 1. The Morgan fingerprint density at radius 2 is 1.72 bits per heavy atom. The molecular formula is C23H23FN2O5S. The highest BCUT2D eigenvalue weighted by Gasteiger charge is 2.16. The number of halogens is 1. The fourth-order valence-electron chi connectivity index (χ4n) is 2.92. The number of benzene rings is 3. The third-order valence-electron chi connectivity index (χ3n) is 4.58. The van der Waals surface area contributed by atoms with Crippen molar-refractivity contribution in [3.63, 3.8) is 0 Å². The fraction of sp³-hybridized carbons (Fsp3) is 0.174. The molecule has 3 rings (SSSR count). The van der Waals surface area contributed by atoms with Crippen molar-refractivity contribution in [2.75, 3.05) is 18.4 Å². The van der Waals surface area contributed by atoms with Gasteiger partial charge in [0, 0.05) is 17.8 Å². The van der Waals surface area contributed by atoms with E-state index in [1.807, 2.05) is 24.3 Å². The van der Waals surface area contributed by atoms with Gasteiger partial charge in [-0.2, -0.15) is 0 Å². The van der Waals surface area contributed by atoms with Gasteiger partial charge in [0.15, 0.2) is 6.61 Å². The Bertz CT molecular complexity index is 1200. The molecule has 1 amide bonds. The lowest BCUT2D eigenvalue weighted by Crippen LogP contribution is -2.28. The Hall–Kier alpha value is -3.59. The highest BCUT2D eigenvalue weighted by atomic mass is 32.2. The fourth-order valence-corrected chi connectivity index (χ4v) is 4.06.